The summed E-state index contributed by atoms with van der Waals surface area (Å²) in [5, 5.41) is 5.54. The van der Waals surface area contributed by atoms with Gasteiger partial charge in [0.15, 0.2) is 0 Å². The Hall–Kier alpha value is -4.92. The van der Waals surface area contributed by atoms with Crippen LogP contribution in [0.3, 0.4) is 0 Å². The molecule has 0 saturated carbocycles. The maximum atomic E-state index is 14.4. The first kappa shape index (κ1) is 37.5. The lowest BCUT2D eigenvalue weighted by atomic mass is 9.93. The van der Waals surface area contributed by atoms with Crippen molar-refractivity contribution in [3.8, 4) is 11.1 Å². The van der Waals surface area contributed by atoms with E-state index in [0.29, 0.717) is 12.8 Å². The largest absolute Gasteiger partial charge is 0.444 e. The van der Waals surface area contributed by atoms with Gasteiger partial charge in [-0.2, -0.15) is 0 Å². The van der Waals surface area contributed by atoms with Gasteiger partial charge in [-0.05, 0) is 69.4 Å². The Bertz CT molecular complexity index is 1560. The molecule has 0 aliphatic heterocycles. The number of benzene rings is 3. The lowest BCUT2D eigenvalue weighted by Crippen LogP contribution is -2.55. The van der Waals surface area contributed by atoms with Crippen LogP contribution >= 0.6 is 0 Å². The molecule has 9 nitrogen and oxygen atoms in total. The second-order valence-corrected chi connectivity index (χ2v) is 13.6. The summed E-state index contributed by atoms with van der Waals surface area (Å²) in [6.45, 7) is 9.05. The van der Waals surface area contributed by atoms with Crippen LogP contribution in [0.4, 0.5) is 4.79 Å². The standard InChI is InChI=1S/C39H50N4O5/c1-38(2,3)48-37(47)41-39(4,5)25-17-24-34(44)42(7)33(27-30-22-15-16-23-31(30)29-20-13-10-14-21-29)36(46)43(8)32(35(45)40-6)26-28-18-11-9-12-19-28/h9-24,32-33H,25-27H2,1-8H3,(H,40,45)(H,41,47)/b24-17+/t32-,33-/m1/s1. The van der Waals surface area contributed by atoms with Crippen LogP contribution in [0, 0.1) is 0 Å². The molecule has 9 heteroatoms. The summed E-state index contributed by atoms with van der Waals surface area (Å²) in [5.41, 5.74) is 2.42. The van der Waals surface area contributed by atoms with Gasteiger partial charge in [0.05, 0.1) is 0 Å². The quantitative estimate of drug-likeness (QED) is 0.227. The summed E-state index contributed by atoms with van der Waals surface area (Å²) in [7, 11) is 4.76. The van der Waals surface area contributed by atoms with Gasteiger partial charge >= 0.3 is 6.09 Å². The molecule has 3 rings (SSSR count). The second kappa shape index (κ2) is 16.8. The van der Waals surface area contributed by atoms with E-state index in [9.17, 15) is 19.2 Å². The number of nitrogens with one attached hydrogen (secondary N) is 2. The number of rotatable bonds is 13. The fourth-order valence-corrected chi connectivity index (χ4v) is 5.35. The van der Waals surface area contributed by atoms with E-state index < -0.39 is 29.3 Å². The normalized spacial score (nSPS) is 12.9. The first-order chi connectivity index (χ1) is 22.6. The predicted molar refractivity (Wildman–Crippen MR) is 190 cm³/mol. The summed E-state index contributed by atoms with van der Waals surface area (Å²) < 4.78 is 5.38. The minimum absolute atomic E-state index is 0.224. The van der Waals surface area contributed by atoms with Crippen LogP contribution in [-0.4, -0.2) is 78.0 Å². The molecule has 0 aliphatic carbocycles. The average Bonchev–Trinajstić information content (AvgIpc) is 3.04. The second-order valence-electron chi connectivity index (χ2n) is 13.6. The molecule has 0 heterocycles. The highest BCUT2D eigenvalue weighted by molar-refractivity contribution is 5.95. The van der Waals surface area contributed by atoms with Crippen molar-refractivity contribution in [2.24, 2.45) is 0 Å². The Morgan fingerprint density at radius 2 is 1.35 bits per heavy atom. The first-order valence-electron chi connectivity index (χ1n) is 16.2. The van der Waals surface area contributed by atoms with Crippen LogP contribution in [0.15, 0.2) is 97.1 Å². The minimum atomic E-state index is -0.923. The van der Waals surface area contributed by atoms with Gasteiger partial charge < -0.3 is 25.2 Å². The SMILES string of the molecule is CNC(=O)[C@@H](Cc1ccccc1)N(C)C(=O)[C@@H](Cc1ccccc1-c1ccccc1)N(C)C(=O)/C=C/CC(C)(C)NC(=O)OC(C)(C)C. The number of hydrogen-bond donors (Lipinski definition) is 2. The Kier molecular flexibility index (Phi) is 13.1. The van der Waals surface area contributed by atoms with Crippen molar-refractivity contribution < 1.29 is 23.9 Å². The van der Waals surface area contributed by atoms with E-state index in [1.54, 1.807) is 48.0 Å². The molecule has 256 valence electrons. The van der Waals surface area contributed by atoms with Crippen molar-refractivity contribution in [2.45, 2.75) is 77.1 Å². The van der Waals surface area contributed by atoms with E-state index in [-0.39, 0.29) is 24.1 Å². The summed E-state index contributed by atoms with van der Waals surface area (Å²) in [4.78, 5) is 56.5. The molecular formula is C39H50N4O5. The molecule has 4 amide bonds. The van der Waals surface area contributed by atoms with E-state index in [4.69, 9.17) is 4.74 Å². The number of likely N-dealkylation sites (N-methyl/N-ethyl adjacent to an activating group) is 3. The zero-order valence-corrected chi connectivity index (χ0v) is 29.4. The summed E-state index contributed by atoms with van der Waals surface area (Å²) in [5.74, 6) is -1.04. The number of carbonyl (C=O) groups is 4. The summed E-state index contributed by atoms with van der Waals surface area (Å²) >= 11 is 0. The fraction of sp³-hybridized carbons (Fsp3) is 0.385. The third-order valence-corrected chi connectivity index (χ3v) is 7.98. The Morgan fingerprint density at radius 3 is 1.96 bits per heavy atom. The van der Waals surface area contributed by atoms with Crippen LogP contribution in [0.25, 0.3) is 11.1 Å². The topological polar surface area (TPSA) is 108 Å². The van der Waals surface area contributed by atoms with Gasteiger partial charge in [-0.1, -0.05) is 91.0 Å². The van der Waals surface area contributed by atoms with Gasteiger partial charge in [-0.15, -0.1) is 0 Å². The van der Waals surface area contributed by atoms with E-state index in [0.717, 1.165) is 22.3 Å². The van der Waals surface area contributed by atoms with E-state index in [1.807, 2.05) is 98.8 Å². The molecule has 0 unspecified atom stereocenters. The van der Waals surface area contributed by atoms with Crippen LogP contribution in [0.5, 0.6) is 0 Å². The third-order valence-electron chi connectivity index (χ3n) is 7.98. The molecule has 2 atom stereocenters. The Balaban J connectivity index is 1.92. The Labute approximate surface area is 285 Å². The predicted octanol–water partition coefficient (Wildman–Crippen LogP) is 5.79. The highest BCUT2D eigenvalue weighted by Gasteiger charge is 2.35. The van der Waals surface area contributed by atoms with Crippen molar-refractivity contribution >= 4 is 23.8 Å². The van der Waals surface area contributed by atoms with Gasteiger partial charge in [-0.25, -0.2) is 4.79 Å². The monoisotopic (exact) mass is 654 g/mol. The molecule has 0 fully saturated rings. The molecule has 0 aromatic heterocycles. The van der Waals surface area contributed by atoms with E-state index in [2.05, 4.69) is 10.6 Å². The van der Waals surface area contributed by atoms with Gasteiger partial charge in [0, 0.05) is 39.5 Å². The molecule has 0 saturated heterocycles. The minimum Gasteiger partial charge on any atom is -0.444 e. The van der Waals surface area contributed by atoms with Crippen LogP contribution in [0.2, 0.25) is 0 Å². The summed E-state index contributed by atoms with van der Waals surface area (Å²) in [6, 6.07) is 25.5. The molecule has 0 aliphatic rings. The highest BCUT2D eigenvalue weighted by atomic mass is 16.6. The maximum Gasteiger partial charge on any atom is 0.408 e. The fourth-order valence-electron chi connectivity index (χ4n) is 5.35. The third kappa shape index (κ3) is 11.1. The van der Waals surface area contributed by atoms with Crippen molar-refractivity contribution in [2.75, 3.05) is 21.1 Å². The molecule has 0 bridgehead atoms. The van der Waals surface area contributed by atoms with Crippen molar-refractivity contribution in [3.05, 3.63) is 108 Å². The first-order valence-corrected chi connectivity index (χ1v) is 16.2. The van der Waals surface area contributed by atoms with Gasteiger partial charge in [0.2, 0.25) is 17.7 Å². The van der Waals surface area contributed by atoms with Gasteiger partial charge in [-0.3, -0.25) is 14.4 Å². The number of ether oxygens (including phenoxy) is 1. The molecule has 3 aromatic carbocycles. The molecule has 48 heavy (non-hydrogen) atoms. The molecular weight excluding hydrogens is 604 g/mol. The molecule has 0 radical (unpaired) electrons. The maximum absolute atomic E-state index is 14.4. The number of nitrogens with zero attached hydrogens (tertiary/aromatic N) is 2. The van der Waals surface area contributed by atoms with Crippen molar-refractivity contribution in [1.29, 1.82) is 0 Å². The molecule has 2 N–H and O–H groups in total. The number of carbonyl (C=O) groups excluding carboxylic acids is 4. The summed E-state index contributed by atoms with van der Waals surface area (Å²) in [6.07, 6.45) is 3.44. The number of alkyl carbamates (subject to hydrolysis) is 1. The zero-order valence-electron chi connectivity index (χ0n) is 29.4. The number of hydrogen-bond acceptors (Lipinski definition) is 5. The smallest absolute Gasteiger partial charge is 0.408 e. The van der Waals surface area contributed by atoms with Crippen LogP contribution in [-0.2, 0) is 32.0 Å². The van der Waals surface area contributed by atoms with Crippen molar-refractivity contribution in [1.82, 2.24) is 20.4 Å². The van der Waals surface area contributed by atoms with Crippen molar-refractivity contribution in [3.63, 3.8) is 0 Å². The van der Waals surface area contributed by atoms with Gasteiger partial charge in [0.1, 0.15) is 17.7 Å². The number of amides is 4. The highest BCUT2D eigenvalue weighted by Crippen LogP contribution is 2.26. The zero-order chi connectivity index (χ0) is 35.5. The average molecular weight is 655 g/mol. The lowest BCUT2D eigenvalue weighted by Gasteiger charge is -2.34. The molecule has 3 aromatic rings. The Morgan fingerprint density at radius 1 is 0.771 bits per heavy atom. The van der Waals surface area contributed by atoms with Gasteiger partial charge in [0.25, 0.3) is 0 Å². The van der Waals surface area contributed by atoms with E-state index >= 15 is 0 Å². The lowest BCUT2D eigenvalue weighted by molar-refractivity contribution is -0.146. The van der Waals surface area contributed by atoms with E-state index in [1.165, 1.54) is 15.9 Å². The molecule has 0 spiro atoms. The van der Waals surface area contributed by atoms with Crippen LogP contribution in [0.1, 0.15) is 52.2 Å². The van der Waals surface area contributed by atoms with Crippen LogP contribution < -0.4 is 10.6 Å².